The lowest BCUT2D eigenvalue weighted by atomic mass is 10.2. The van der Waals surface area contributed by atoms with E-state index in [2.05, 4.69) is 0 Å². The van der Waals surface area contributed by atoms with Crippen molar-refractivity contribution in [2.45, 2.75) is 10.7 Å². The van der Waals surface area contributed by atoms with Gasteiger partial charge in [-0.05, 0) is 35.9 Å². The van der Waals surface area contributed by atoms with Crippen LogP contribution in [-0.2, 0) is 0 Å². The Labute approximate surface area is 83.1 Å². The highest BCUT2D eigenvalue weighted by Crippen LogP contribution is 2.25. The Morgan fingerprint density at radius 1 is 1.31 bits per heavy atom. The minimum absolute atomic E-state index is 0.306. The Balaban J connectivity index is 2.75. The number of carbonyl (C=O) groups is 1. The molecule has 0 unspecified atom stereocenters. The highest BCUT2D eigenvalue weighted by Gasteiger charge is 2.06. The number of hydrogen-bond acceptors (Lipinski definition) is 2. The smallest absolute Gasteiger partial charge is 0.276 e. The van der Waals surface area contributed by atoms with E-state index in [0.29, 0.717) is 22.2 Å². The van der Waals surface area contributed by atoms with Crippen molar-refractivity contribution in [3.63, 3.8) is 0 Å². The van der Waals surface area contributed by atoms with Crippen LogP contribution in [0.3, 0.4) is 0 Å². The van der Waals surface area contributed by atoms with Gasteiger partial charge in [-0.1, -0.05) is 11.8 Å². The van der Waals surface area contributed by atoms with Crippen molar-refractivity contribution in [3.8, 4) is 0 Å². The molecule has 13 heavy (non-hydrogen) atoms. The van der Waals surface area contributed by atoms with E-state index in [1.54, 1.807) is 0 Å². The van der Waals surface area contributed by atoms with Crippen LogP contribution in [0.4, 0.5) is 8.78 Å². The topological polar surface area (TPSA) is 17.1 Å². The number of carbonyl (C=O) groups excluding carboxylic acids is 1. The zero-order valence-electron chi connectivity index (χ0n) is 6.34. The lowest BCUT2D eigenvalue weighted by Gasteiger charge is -1.99. The van der Waals surface area contributed by atoms with Crippen molar-refractivity contribution in [2.24, 2.45) is 0 Å². The monoisotopic (exact) mass is 222 g/mol. The quantitative estimate of drug-likeness (QED) is 0.576. The van der Waals surface area contributed by atoms with E-state index in [1.165, 1.54) is 24.3 Å². The van der Waals surface area contributed by atoms with Crippen LogP contribution in [0, 0.1) is 0 Å². The molecular weight excluding hydrogens is 218 g/mol. The first kappa shape index (κ1) is 10.5. The molecule has 5 heteroatoms. The minimum Gasteiger partial charge on any atom is -0.276 e. The minimum atomic E-state index is -2.45. The zero-order valence-corrected chi connectivity index (χ0v) is 7.91. The van der Waals surface area contributed by atoms with Crippen molar-refractivity contribution in [2.75, 3.05) is 0 Å². The summed E-state index contributed by atoms with van der Waals surface area (Å²) in [5, 5.41) is -0.589. The summed E-state index contributed by atoms with van der Waals surface area (Å²) >= 11 is 5.60. The van der Waals surface area contributed by atoms with Crippen LogP contribution in [-0.4, -0.2) is 11.0 Å². The number of alkyl halides is 2. The number of rotatable bonds is 3. The zero-order chi connectivity index (χ0) is 9.84. The first-order valence-electron chi connectivity index (χ1n) is 3.34. The summed E-state index contributed by atoms with van der Waals surface area (Å²) in [5.74, 6) is -2.45. The summed E-state index contributed by atoms with van der Waals surface area (Å²) in [7, 11) is 0. The highest BCUT2D eigenvalue weighted by molar-refractivity contribution is 7.99. The second-order valence-corrected chi connectivity index (χ2v) is 3.58. The highest BCUT2D eigenvalue weighted by atomic mass is 35.5. The van der Waals surface area contributed by atoms with E-state index in [-0.39, 0.29) is 0 Å². The molecule has 0 radical (unpaired) electrons. The van der Waals surface area contributed by atoms with Gasteiger partial charge in [-0.3, -0.25) is 4.79 Å². The van der Waals surface area contributed by atoms with E-state index < -0.39 is 11.0 Å². The Morgan fingerprint density at radius 2 is 1.85 bits per heavy atom. The number of benzene rings is 1. The third-order valence-electron chi connectivity index (χ3n) is 1.31. The Bertz CT molecular complexity index is 300. The summed E-state index contributed by atoms with van der Waals surface area (Å²) in [6, 6.07) is 5.71. The summed E-state index contributed by atoms with van der Waals surface area (Å²) in [4.78, 5) is 11.0. The normalized spacial score (nSPS) is 10.5. The van der Waals surface area contributed by atoms with Gasteiger partial charge in [-0.2, -0.15) is 8.78 Å². The average Bonchev–Trinajstić information content (AvgIpc) is 2.04. The van der Waals surface area contributed by atoms with Crippen LogP contribution in [0.5, 0.6) is 0 Å². The lowest BCUT2D eigenvalue weighted by molar-refractivity contribution is 0.108. The average molecular weight is 223 g/mol. The number of hydrogen-bond donors (Lipinski definition) is 0. The summed E-state index contributed by atoms with van der Waals surface area (Å²) in [6.07, 6.45) is 0. The fourth-order valence-corrected chi connectivity index (χ4v) is 1.39. The SMILES string of the molecule is O=C(Cl)c1ccc(SC(F)F)cc1. The second kappa shape index (κ2) is 4.58. The van der Waals surface area contributed by atoms with Gasteiger partial charge in [0.05, 0.1) is 0 Å². The fourth-order valence-electron chi connectivity index (χ4n) is 0.767. The van der Waals surface area contributed by atoms with Crippen molar-refractivity contribution in [1.29, 1.82) is 0 Å². The van der Waals surface area contributed by atoms with Crippen LogP contribution in [0.15, 0.2) is 29.2 Å². The van der Waals surface area contributed by atoms with Crippen molar-refractivity contribution in [1.82, 2.24) is 0 Å². The Kier molecular flexibility index (Phi) is 3.69. The summed E-state index contributed by atoms with van der Waals surface area (Å²) < 4.78 is 23.7. The molecule has 0 aromatic heterocycles. The molecule has 0 spiro atoms. The van der Waals surface area contributed by atoms with E-state index in [4.69, 9.17) is 11.6 Å². The van der Waals surface area contributed by atoms with Crippen LogP contribution < -0.4 is 0 Å². The van der Waals surface area contributed by atoms with Gasteiger partial charge in [0.15, 0.2) is 0 Å². The molecule has 0 atom stereocenters. The molecular formula is C8H5ClF2OS. The maximum Gasteiger partial charge on any atom is 0.288 e. The molecule has 0 saturated heterocycles. The van der Waals surface area contributed by atoms with E-state index in [0.717, 1.165) is 0 Å². The molecule has 0 bridgehead atoms. The Morgan fingerprint density at radius 3 is 2.23 bits per heavy atom. The van der Waals surface area contributed by atoms with Gasteiger partial charge in [-0.15, -0.1) is 0 Å². The lowest BCUT2D eigenvalue weighted by Crippen LogP contribution is -1.88. The van der Waals surface area contributed by atoms with Crippen molar-refractivity contribution < 1.29 is 13.6 Å². The van der Waals surface area contributed by atoms with E-state index in [1.807, 2.05) is 0 Å². The molecule has 0 aliphatic heterocycles. The summed E-state index contributed by atoms with van der Waals surface area (Å²) in [5.41, 5.74) is 0.306. The maximum absolute atomic E-state index is 11.8. The molecule has 0 fully saturated rings. The van der Waals surface area contributed by atoms with Gasteiger partial charge < -0.3 is 0 Å². The molecule has 0 saturated carbocycles. The Hall–Kier alpha value is -0.610. The van der Waals surface area contributed by atoms with Gasteiger partial charge in [-0.25, -0.2) is 0 Å². The number of thioether (sulfide) groups is 1. The largest absolute Gasteiger partial charge is 0.288 e. The predicted molar refractivity (Wildman–Crippen MR) is 48.5 cm³/mol. The molecule has 1 nitrogen and oxygen atoms in total. The molecule has 1 rings (SSSR count). The molecule has 0 amide bonds. The molecule has 0 heterocycles. The van der Waals surface area contributed by atoms with Crippen molar-refractivity contribution >= 4 is 28.6 Å². The van der Waals surface area contributed by atoms with Gasteiger partial charge in [0.25, 0.3) is 11.0 Å². The van der Waals surface area contributed by atoms with Gasteiger partial charge >= 0.3 is 0 Å². The van der Waals surface area contributed by atoms with Crippen LogP contribution in [0.2, 0.25) is 0 Å². The standard InChI is InChI=1S/C8H5ClF2OS/c9-7(12)5-1-3-6(4-2-5)13-8(10)11/h1-4,8H. The molecule has 1 aromatic carbocycles. The van der Waals surface area contributed by atoms with Crippen LogP contribution in [0.25, 0.3) is 0 Å². The van der Waals surface area contributed by atoms with Gasteiger partial charge in [0.2, 0.25) is 0 Å². The molecule has 1 aromatic rings. The number of halogens is 3. The summed E-state index contributed by atoms with van der Waals surface area (Å²) in [6.45, 7) is 0. The first-order valence-corrected chi connectivity index (χ1v) is 4.60. The van der Waals surface area contributed by atoms with Gasteiger partial charge in [0.1, 0.15) is 0 Å². The van der Waals surface area contributed by atoms with Gasteiger partial charge in [0, 0.05) is 10.5 Å². The molecule has 0 aliphatic rings. The fraction of sp³-hybridized carbons (Fsp3) is 0.125. The third kappa shape index (κ3) is 3.32. The predicted octanol–water partition coefficient (Wildman–Crippen LogP) is 3.38. The molecule has 0 N–H and O–H groups in total. The van der Waals surface area contributed by atoms with E-state index >= 15 is 0 Å². The third-order valence-corrected chi connectivity index (χ3v) is 2.25. The van der Waals surface area contributed by atoms with Crippen LogP contribution >= 0.6 is 23.4 Å². The van der Waals surface area contributed by atoms with Crippen molar-refractivity contribution in [3.05, 3.63) is 29.8 Å². The second-order valence-electron chi connectivity index (χ2n) is 2.18. The molecule has 70 valence electrons. The first-order chi connectivity index (χ1) is 6.09. The maximum atomic E-state index is 11.8. The van der Waals surface area contributed by atoms with E-state index in [9.17, 15) is 13.6 Å². The molecule has 0 aliphatic carbocycles. The van der Waals surface area contributed by atoms with Crippen LogP contribution in [0.1, 0.15) is 10.4 Å².